The Hall–Kier alpha value is -2.89. The average molecular weight is 349 g/mol. The van der Waals surface area contributed by atoms with E-state index in [1.165, 1.54) is 0 Å². The number of aryl methyl sites for hydroxylation is 1. The number of amides is 1. The molecule has 1 amide bonds. The summed E-state index contributed by atoms with van der Waals surface area (Å²) < 4.78 is 4.01. The van der Waals surface area contributed by atoms with E-state index in [4.69, 9.17) is 0 Å². The maximum absolute atomic E-state index is 13.3. The van der Waals surface area contributed by atoms with Crippen molar-refractivity contribution in [1.82, 2.24) is 24.2 Å². The van der Waals surface area contributed by atoms with Crippen molar-refractivity contribution in [2.24, 2.45) is 0 Å². The Balaban J connectivity index is 1.62. The number of rotatable bonds is 4. The smallest absolute Gasteiger partial charge is 0.256 e. The molecule has 0 aliphatic carbocycles. The molecule has 0 bridgehead atoms. The molecule has 26 heavy (non-hydrogen) atoms. The first-order valence-corrected chi connectivity index (χ1v) is 9.03. The monoisotopic (exact) mass is 349 g/mol. The number of hydrogen-bond donors (Lipinski definition) is 0. The van der Waals surface area contributed by atoms with E-state index in [1.54, 1.807) is 12.4 Å². The molecule has 0 radical (unpaired) electrons. The minimum atomic E-state index is 0.114. The van der Waals surface area contributed by atoms with Crippen molar-refractivity contribution in [3.05, 3.63) is 66.0 Å². The number of pyridine rings is 1. The molecule has 3 aromatic rings. The Morgan fingerprint density at radius 1 is 1.27 bits per heavy atom. The Bertz CT molecular complexity index is 898. The number of hydrogen-bond acceptors (Lipinski definition) is 3. The number of carbonyl (C=O) groups is 1. The molecule has 0 spiro atoms. The summed E-state index contributed by atoms with van der Waals surface area (Å²) in [6, 6.07) is 8.04. The summed E-state index contributed by atoms with van der Waals surface area (Å²) in [6.07, 6.45) is 9.38. The van der Waals surface area contributed by atoms with E-state index in [2.05, 4.69) is 14.6 Å². The average Bonchev–Trinajstić information content (AvgIpc) is 3.37. The Kier molecular flexibility index (Phi) is 4.32. The summed E-state index contributed by atoms with van der Waals surface area (Å²) in [6.45, 7) is 5.59. The van der Waals surface area contributed by atoms with Gasteiger partial charge in [-0.05, 0) is 51.0 Å². The van der Waals surface area contributed by atoms with Gasteiger partial charge in [-0.2, -0.15) is 5.10 Å². The summed E-state index contributed by atoms with van der Waals surface area (Å²) in [7, 11) is 0. The lowest BCUT2D eigenvalue weighted by atomic mass is 10.1. The van der Waals surface area contributed by atoms with Crippen molar-refractivity contribution >= 4 is 5.91 Å². The molecule has 1 fully saturated rings. The van der Waals surface area contributed by atoms with Crippen LogP contribution in [0.15, 0.2) is 49.1 Å². The molecule has 4 heterocycles. The quantitative estimate of drug-likeness (QED) is 0.728. The van der Waals surface area contributed by atoms with Gasteiger partial charge in [0.2, 0.25) is 0 Å². The van der Waals surface area contributed by atoms with Crippen LogP contribution in [0.3, 0.4) is 0 Å². The lowest BCUT2D eigenvalue weighted by Gasteiger charge is -2.25. The van der Waals surface area contributed by atoms with Gasteiger partial charge in [0.15, 0.2) is 0 Å². The van der Waals surface area contributed by atoms with Crippen molar-refractivity contribution in [2.75, 3.05) is 6.54 Å². The van der Waals surface area contributed by atoms with Crippen LogP contribution in [-0.4, -0.2) is 42.7 Å². The molecule has 134 valence electrons. The van der Waals surface area contributed by atoms with Gasteiger partial charge in [-0.15, -0.1) is 0 Å². The van der Waals surface area contributed by atoms with Gasteiger partial charge in [0.25, 0.3) is 5.91 Å². The molecule has 0 aromatic carbocycles. The van der Waals surface area contributed by atoms with Crippen LogP contribution in [0.1, 0.15) is 34.6 Å². The molecule has 6 heteroatoms. The summed E-state index contributed by atoms with van der Waals surface area (Å²) >= 11 is 0. The fourth-order valence-electron chi connectivity index (χ4n) is 3.93. The van der Waals surface area contributed by atoms with Gasteiger partial charge < -0.3 is 9.47 Å². The van der Waals surface area contributed by atoms with Crippen molar-refractivity contribution in [3.63, 3.8) is 0 Å². The largest absolute Gasteiger partial charge is 0.334 e. The second kappa shape index (κ2) is 6.78. The number of aromatic nitrogens is 4. The molecule has 0 unspecified atom stereocenters. The Morgan fingerprint density at radius 2 is 2.15 bits per heavy atom. The highest BCUT2D eigenvalue weighted by molar-refractivity contribution is 5.96. The lowest BCUT2D eigenvalue weighted by Crippen LogP contribution is -2.38. The molecule has 0 N–H and O–H groups in total. The Labute approximate surface area is 153 Å². The van der Waals surface area contributed by atoms with Crippen molar-refractivity contribution in [3.8, 4) is 5.69 Å². The van der Waals surface area contributed by atoms with Crippen LogP contribution >= 0.6 is 0 Å². The molecule has 1 aliphatic heterocycles. The Morgan fingerprint density at radius 3 is 2.88 bits per heavy atom. The summed E-state index contributed by atoms with van der Waals surface area (Å²) in [5, 5.41) is 4.29. The van der Waals surface area contributed by atoms with Crippen LogP contribution in [0.25, 0.3) is 5.69 Å². The van der Waals surface area contributed by atoms with Crippen molar-refractivity contribution in [1.29, 1.82) is 0 Å². The number of likely N-dealkylation sites (tertiary alicyclic amines) is 1. The van der Waals surface area contributed by atoms with E-state index in [1.807, 2.05) is 60.1 Å². The first-order chi connectivity index (χ1) is 12.6. The van der Waals surface area contributed by atoms with E-state index >= 15 is 0 Å². The van der Waals surface area contributed by atoms with Gasteiger partial charge >= 0.3 is 0 Å². The fourth-order valence-corrected chi connectivity index (χ4v) is 3.93. The summed E-state index contributed by atoms with van der Waals surface area (Å²) in [5.41, 5.74) is 3.77. The molecule has 6 nitrogen and oxygen atoms in total. The van der Waals surface area contributed by atoms with Gasteiger partial charge in [-0.25, -0.2) is 0 Å². The van der Waals surface area contributed by atoms with Crippen molar-refractivity contribution < 1.29 is 4.79 Å². The van der Waals surface area contributed by atoms with E-state index in [9.17, 15) is 4.79 Å². The molecule has 1 aliphatic rings. The van der Waals surface area contributed by atoms with Gasteiger partial charge in [-0.3, -0.25) is 14.5 Å². The highest BCUT2D eigenvalue weighted by atomic mass is 16.2. The molecular formula is C20H23N5O. The molecule has 4 rings (SSSR count). The first kappa shape index (κ1) is 16.6. The van der Waals surface area contributed by atoms with Gasteiger partial charge in [0.05, 0.1) is 30.0 Å². The zero-order chi connectivity index (χ0) is 18.1. The van der Waals surface area contributed by atoms with Crippen LogP contribution in [0.2, 0.25) is 0 Å². The molecule has 1 atom stereocenters. The van der Waals surface area contributed by atoms with Gasteiger partial charge in [-0.1, -0.05) is 0 Å². The van der Waals surface area contributed by atoms with E-state index < -0.39 is 0 Å². The molecule has 0 saturated carbocycles. The predicted octanol–water partition coefficient (Wildman–Crippen LogP) is 2.99. The minimum Gasteiger partial charge on any atom is -0.334 e. The second-order valence-electron chi connectivity index (χ2n) is 6.85. The van der Waals surface area contributed by atoms with Crippen LogP contribution in [0, 0.1) is 13.8 Å². The van der Waals surface area contributed by atoms with Crippen LogP contribution in [0.5, 0.6) is 0 Å². The zero-order valence-electron chi connectivity index (χ0n) is 15.2. The lowest BCUT2D eigenvalue weighted by molar-refractivity contribution is 0.0721. The highest BCUT2D eigenvalue weighted by Crippen LogP contribution is 2.26. The maximum atomic E-state index is 13.3. The topological polar surface area (TPSA) is 56.0 Å². The third-order valence-corrected chi connectivity index (χ3v) is 5.16. The second-order valence-corrected chi connectivity index (χ2v) is 6.85. The maximum Gasteiger partial charge on any atom is 0.256 e. The minimum absolute atomic E-state index is 0.114. The fraction of sp³-hybridized carbons (Fsp3) is 0.350. The molecule has 1 saturated heterocycles. The van der Waals surface area contributed by atoms with E-state index in [-0.39, 0.29) is 11.9 Å². The molecular weight excluding hydrogens is 326 g/mol. The number of carbonyl (C=O) groups excluding carboxylic acids is 1. The van der Waals surface area contributed by atoms with E-state index in [0.29, 0.717) is 0 Å². The first-order valence-electron chi connectivity index (χ1n) is 9.03. The number of nitrogens with zero attached hydrogens (tertiary/aromatic N) is 5. The standard InChI is InChI=1S/C20H23N5O/c1-15-12-19(16(2)25(15)17-6-3-8-21-13-17)20(26)24-11-4-7-18(24)14-23-10-5-9-22-23/h3,5-6,8-10,12-13,18H,4,7,11,14H2,1-2H3/t18-/m0/s1. The van der Waals surface area contributed by atoms with Crippen LogP contribution in [-0.2, 0) is 6.54 Å². The summed E-state index contributed by atoms with van der Waals surface area (Å²) in [4.78, 5) is 19.5. The van der Waals surface area contributed by atoms with Gasteiger partial charge in [0.1, 0.15) is 0 Å². The summed E-state index contributed by atoms with van der Waals surface area (Å²) in [5.74, 6) is 0.114. The molecule has 3 aromatic heterocycles. The third kappa shape index (κ3) is 2.92. The van der Waals surface area contributed by atoms with Crippen molar-refractivity contribution in [2.45, 2.75) is 39.3 Å². The van der Waals surface area contributed by atoms with E-state index in [0.717, 1.165) is 48.6 Å². The van der Waals surface area contributed by atoms with Crippen LogP contribution in [0.4, 0.5) is 0 Å². The zero-order valence-corrected chi connectivity index (χ0v) is 15.2. The third-order valence-electron chi connectivity index (χ3n) is 5.16. The van der Waals surface area contributed by atoms with Gasteiger partial charge in [0, 0.05) is 36.5 Å². The van der Waals surface area contributed by atoms with Crippen LogP contribution < -0.4 is 0 Å². The normalized spacial score (nSPS) is 17.0. The predicted molar refractivity (Wildman–Crippen MR) is 99.3 cm³/mol. The highest BCUT2D eigenvalue weighted by Gasteiger charge is 2.31. The SMILES string of the molecule is Cc1cc(C(=O)N2CCC[C@H]2Cn2cccn2)c(C)n1-c1cccnc1.